The molecule has 12 nitrogen and oxygen atoms in total. The third kappa shape index (κ3) is 8.95. The number of amides is 5. The van der Waals surface area contributed by atoms with E-state index in [-0.39, 0.29) is 50.8 Å². The van der Waals surface area contributed by atoms with Gasteiger partial charge in [0.1, 0.15) is 18.7 Å². The minimum Gasteiger partial charge on any atom is -0.481 e. The Hall–Kier alpha value is -4.61. The second kappa shape index (κ2) is 15.4. The lowest BCUT2D eigenvalue weighted by atomic mass is 9.98. The summed E-state index contributed by atoms with van der Waals surface area (Å²) >= 11 is 0. The van der Waals surface area contributed by atoms with Crippen molar-refractivity contribution >= 4 is 29.9 Å². The number of carboxylic acids is 1. The van der Waals surface area contributed by atoms with Gasteiger partial charge < -0.3 is 36.8 Å². The lowest BCUT2D eigenvalue weighted by Crippen LogP contribution is -2.55. The van der Waals surface area contributed by atoms with Crippen LogP contribution in [0.1, 0.15) is 56.6 Å². The minimum absolute atomic E-state index is 0.0839. The molecule has 0 spiro atoms. The quantitative estimate of drug-likeness (QED) is 0.174. The number of nitrogens with two attached hydrogens (primary N) is 1. The van der Waals surface area contributed by atoms with Crippen LogP contribution in [0, 0.1) is 5.92 Å². The molecule has 42 heavy (non-hydrogen) atoms. The summed E-state index contributed by atoms with van der Waals surface area (Å²) in [5, 5.41) is 19.2. The summed E-state index contributed by atoms with van der Waals surface area (Å²) in [5.74, 6) is -2.53. The molecular formula is C30H39N5O7. The summed E-state index contributed by atoms with van der Waals surface area (Å²) in [7, 11) is 0. The van der Waals surface area contributed by atoms with Crippen LogP contribution < -0.4 is 27.0 Å². The molecular weight excluding hydrogens is 542 g/mol. The first-order valence-electron chi connectivity index (χ1n) is 14.0. The average molecular weight is 582 g/mol. The number of carboxylic acid groups (broad SMARTS) is 1. The summed E-state index contributed by atoms with van der Waals surface area (Å²) in [6.45, 7) is 3.90. The first-order valence-corrected chi connectivity index (χ1v) is 14.0. The highest BCUT2D eigenvalue weighted by atomic mass is 16.5. The molecule has 2 aromatic carbocycles. The molecule has 12 heteroatoms. The molecule has 0 fully saturated rings. The number of nitrogens with one attached hydrogen (secondary N) is 4. The number of benzene rings is 2. The Labute approximate surface area is 244 Å². The monoisotopic (exact) mass is 581 g/mol. The molecule has 2 aromatic rings. The van der Waals surface area contributed by atoms with Gasteiger partial charge in [-0.05, 0) is 47.4 Å². The van der Waals surface area contributed by atoms with E-state index in [1.54, 1.807) is 13.8 Å². The second-order valence-corrected chi connectivity index (χ2v) is 10.5. The number of carbonyl (C=O) groups is 5. The Balaban J connectivity index is 1.61. The van der Waals surface area contributed by atoms with Gasteiger partial charge in [0.05, 0.1) is 0 Å². The fourth-order valence-electron chi connectivity index (χ4n) is 4.92. The van der Waals surface area contributed by atoms with Crippen LogP contribution in [-0.2, 0) is 19.1 Å². The van der Waals surface area contributed by atoms with Gasteiger partial charge in [-0.15, -0.1) is 0 Å². The SMILES string of the molecule is CC(C)[C@H](NC(=O)OCC1c2ccccc2-c2ccccc21)C(=O)N[C@@H](CCCNC(N)=O)C(=O)NCCCC(=O)O. The number of fused-ring (bicyclic) bond motifs is 3. The van der Waals surface area contributed by atoms with Gasteiger partial charge in [0.25, 0.3) is 0 Å². The van der Waals surface area contributed by atoms with Gasteiger partial charge in [0.15, 0.2) is 0 Å². The average Bonchev–Trinajstić information content (AvgIpc) is 3.27. The minimum atomic E-state index is -0.994. The molecule has 0 heterocycles. The molecule has 5 amide bonds. The van der Waals surface area contributed by atoms with E-state index in [4.69, 9.17) is 15.6 Å². The van der Waals surface area contributed by atoms with E-state index in [1.165, 1.54) is 0 Å². The van der Waals surface area contributed by atoms with E-state index >= 15 is 0 Å². The maximum absolute atomic E-state index is 13.3. The van der Waals surface area contributed by atoms with E-state index in [9.17, 15) is 24.0 Å². The van der Waals surface area contributed by atoms with Gasteiger partial charge in [-0.25, -0.2) is 9.59 Å². The molecule has 0 saturated carbocycles. The predicted octanol–water partition coefficient (Wildman–Crippen LogP) is 2.46. The number of carbonyl (C=O) groups excluding carboxylic acids is 4. The van der Waals surface area contributed by atoms with Gasteiger partial charge in [-0.2, -0.15) is 0 Å². The van der Waals surface area contributed by atoms with Crippen molar-refractivity contribution in [2.75, 3.05) is 19.7 Å². The van der Waals surface area contributed by atoms with Crippen LogP contribution in [0.15, 0.2) is 48.5 Å². The number of aliphatic carboxylic acids is 1. The van der Waals surface area contributed by atoms with Crippen LogP contribution in [-0.4, -0.2) is 66.8 Å². The Morgan fingerprint density at radius 3 is 2.02 bits per heavy atom. The highest BCUT2D eigenvalue weighted by molar-refractivity contribution is 5.91. The summed E-state index contributed by atoms with van der Waals surface area (Å²) in [4.78, 5) is 60.7. The van der Waals surface area contributed by atoms with Gasteiger partial charge in [0, 0.05) is 25.4 Å². The Morgan fingerprint density at radius 1 is 0.857 bits per heavy atom. The topological polar surface area (TPSA) is 189 Å². The number of rotatable bonds is 15. The molecule has 7 N–H and O–H groups in total. The zero-order chi connectivity index (χ0) is 30.6. The van der Waals surface area contributed by atoms with Crippen LogP contribution in [0.3, 0.4) is 0 Å². The molecule has 0 unspecified atom stereocenters. The molecule has 3 rings (SSSR count). The summed E-state index contributed by atoms with van der Waals surface area (Å²) in [6.07, 6.45) is -0.136. The highest BCUT2D eigenvalue weighted by Crippen LogP contribution is 2.44. The largest absolute Gasteiger partial charge is 0.481 e. The van der Waals surface area contributed by atoms with Crippen LogP contribution in [0.2, 0.25) is 0 Å². The van der Waals surface area contributed by atoms with Crippen molar-refractivity contribution < 1.29 is 33.8 Å². The molecule has 0 aromatic heterocycles. The summed E-state index contributed by atoms with van der Waals surface area (Å²) in [6, 6.07) is 13.2. The number of hydrogen-bond donors (Lipinski definition) is 6. The van der Waals surface area contributed by atoms with Crippen LogP contribution >= 0.6 is 0 Å². The van der Waals surface area contributed by atoms with E-state index in [2.05, 4.69) is 21.3 Å². The molecule has 1 aliphatic rings. The van der Waals surface area contributed by atoms with E-state index in [0.29, 0.717) is 6.42 Å². The third-order valence-corrected chi connectivity index (χ3v) is 7.03. The lowest BCUT2D eigenvalue weighted by molar-refractivity contribution is -0.137. The smallest absolute Gasteiger partial charge is 0.407 e. The van der Waals surface area contributed by atoms with Crippen LogP contribution in [0.5, 0.6) is 0 Å². The van der Waals surface area contributed by atoms with Crippen molar-refractivity contribution in [3.05, 3.63) is 59.7 Å². The molecule has 0 radical (unpaired) electrons. The fraction of sp³-hybridized carbons (Fsp3) is 0.433. The Kier molecular flexibility index (Phi) is 11.7. The maximum atomic E-state index is 13.3. The fourth-order valence-corrected chi connectivity index (χ4v) is 4.92. The zero-order valence-electron chi connectivity index (χ0n) is 23.9. The van der Waals surface area contributed by atoms with Gasteiger partial charge in [-0.3, -0.25) is 14.4 Å². The van der Waals surface area contributed by atoms with E-state index in [1.807, 2.05) is 48.5 Å². The number of alkyl carbamates (subject to hydrolysis) is 1. The molecule has 0 saturated heterocycles. The molecule has 1 aliphatic carbocycles. The van der Waals surface area contributed by atoms with Crippen molar-refractivity contribution in [1.29, 1.82) is 0 Å². The second-order valence-electron chi connectivity index (χ2n) is 10.5. The maximum Gasteiger partial charge on any atom is 0.407 e. The van der Waals surface area contributed by atoms with Crippen molar-refractivity contribution in [3.8, 4) is 11.1 Å². The predicted molar refractivity (Wildman–Crippen MR) is 155 cm³/mol. The number of hydrogen-bond acceptors (Lipinski definition) is 6. The van der Waals surface area contributed by atoms with Crippen LogP contribution in [0.25, 0.3) is 11.1 Å². The van der Waals surface area contributed by atoms with Crippen molar-refractivity contribution in [1.82, 2.24) is 21.3 Å². The highest BCUT2D eigenvalue weighted by Gasteiger charge is 2.31. The van der Waals surface area contributed by atoms with Crippen LogP contribution in [0.4, 0.5) is 9.59 Å². The third-order valence-electron chi connectivity index (χ3n) is 7.03. The van der Waals surface area contributed by atoms with Gasteiger partial charge >= 0.3 is 18.1 Å². The van der Waals surface area contributed by atoms with Gasteiger partial charge in [0.2, 0.25) is 11.8 Å². The lowest BCUT2D eigenvalue weighted by Gasteiger charge is -2.25. The van der Waals surface area contributed by atoms with Crippen molar-refractivity contribution in [2.24, 2.45) is 11.7 Å². The Bertz CT molecular complexity index is 1240. The molecule has 0 bridgehead atoms. The summed E-state index contributed by atoms with van der Waals surface area (Å²) < 4.78 is 5.60. The molecule has 226 valence electrons. The number of ether oxygens (including phenoxy) is 1. The van der Waals surface area contributed by atoms with Gasteiger partial charge in [-0.1, -0.05) is 62.4 Å². The Morgan fingerprint density at radius 2 is 1.45 bits per heavy atom. The number of urea groups is 1. The molecule has 2 atom stereocenters. The normalized spacial score (nSPS) is 13.3. The van der Waals surface area contributed by atoms with E-state index in [0.717, 1.165) is 22.3 Å². The summed E-state index contributed by atoms with van der Waals surface area (Å²) in [5.41, 5.74) is 9.41. The van der Waals surface area contributed by atoms with Crippen molar-refractivity contribution in [2.45, 2.75) is 57.5 Å². The molecule has 0 aliphatic heterocycles. The first kappa shape index (κ1) is 31.9. The van der Waals surface area contributed by atoms with E-state index < -0.39 is 42.0 Å². The standard InChI is InChI=1S/C30H39N5O7/c1-18(2)26(28(39)34-24(13-7-16-33-29(31)40)27(38)32-15-8-14-25(36)37)35-30(41)42-17-23-21-11-5-3-9-19(21)20-10-4-6-12-22(20)23/h3-6,9-12,18,23-24,26H,7-8,13-17H2,1-2H3,(H,32,38)(H,34,39)(H,35,41)(H,36,37)(H3,31,33,40)/t24-,26-/m0/s1. The van der Waals surface area contributed by atoms with Crippen molar-refractivity contribution in [3.63, 3.8) is 0 Å². The zero-order valence-corrected chi connectivity index (χ0v) is 23.9. The first-order chi connectivity index (χ1) is 20.1. The number of primary amides is 1.